The first-order chi connectivity index (χ1) is 8.04. The SMILES string of the molecule is COc1ccc(CCNC(=O)C(N)=O)cc1Cl. The van der Waals surface area contributed by atoms with Gasteiger partial charge in [-0.1, -0.05) is 17.7 Å². The van der Waals surface area contributed by atoms with Crippen molar-refractivity contribution in [2.75, 3.05) is 13.7 Å². The van der Waals surface area contributed by atoms with Crippen LogP contribution < -0.4 is 15.8 Å². The molecule has 0 atom stereocenters. The Morgan fingerprint density at radius 3 is 2.71 bits per heavy atom. The summed E-state index contributed by atoms with van der Waals surface area (Å²) in [5, 5.41) is 2.90. The Hall–Kier alpha value is -1.75. The zero-order valence-corrected chi connectivity index (χ0v) is 10.1. The van der Waals surface area contributed by atoms with Gasteiger partial charge in [0.1, 0.15) is 5.75 Å². The number of carbonyl (C=O) groups is 2. The fourth-order valence-corrected chi connectivity index (χ4v) is 1.55. The number of nitrogens with one attached hydrogen (secondary N) is 1. The Morgan fingerprint density at radius 2 is 2.18 bits per heavy atom. The zero-order valence-electron chi connectivity index (χ0n) is 9.33. The average Bonchev–Trinajstić information content (AvgIpc) is 2.29. The summed E-state index contributed by atoms with van der Waals surface area (Å²) in [7, 11) is 1.54. The van der Waals surface area contributed by atoms with E-state index in [9.17, 15) is 9.59 Å². The van der Waals surface area contributed by atoms with Gasteiger partial charge in [0.25, 0.3) is 0 Å². The highest BCUT2D eigenvalue weighted by atomic mass is 35.5. The summed E-state index contributed by atoms with van der Waals surface area (Å²) in [5.74, 6) is -1.18. The largest absolute Gasteiger partial charge is 0.495 e. The lowest BCUT2D eigenvalue weighted by Crippen LogP contribution is -2.37. The summed E-state index contributed by atoms with van der Waals surface area (Å²) >= 11 is 5.93. The molecule has 1 aromatic carbocycles. The van der Waals surface area contributed by atoms with Crippen LogP contribution >= 0.6 is 11.6 Å². The molecular weight excluding hydrogens is 244 g/mol. The molecule has 3 N–H and O–H groups in total. The molecule has 5 nitrogen and oxygen atoms in total. The van der Waals surface area contributed by atoms with Crippen molar-refractivity contribution >= 4 is 23.4 Å². The maximum absolute atomic E-state index is 10.9. The maximum Gasteiger partial charge on any atom is 0.309 e. The highest BCUT2D eigenvalue weighted by molar-refractivity contribution is 6.34. The molecule has 92 valence electrons. The van der Waals surface area contributed by atoms with Crippen molar-refractivity contribution in [3.63, 3.8) is 0 Å². The van der Waals surface area contributed by atoms with Crippen molar-refractivity contribution in [1.29, 1.82) is 0 Å². The quantitative estimate of drug-likeness (QED) is 0.770. The molecule has 0 spiro atoms. The van der Waals surface area contributed by atoms with E-state index in [4.69, 9.17) is 22.1 Å². The number of carbonyl (C=O) groups excluding carboxylic acids is 2. The summed E-state index contributed by atoms with van der Waals surface area (Å²) in [6, 6.07) is 5.32. The number of rotatable bonds is 4. The second kappa shape index (κ2) is 6.10. The van der Waals surface area contributed by atoms with Gasteiger partial charge in [-0.2, -0.15) is 0 Å². The number of hydrogen-bond donors (Lipinski definition) is 2. The van der Waals surface area contributed by atoms with Crippen LogP contribution in [0.3, 0.4) is 0 Å². The molecule has 2 amide bonds. The van der Waals surface area contributed by atoms with E-state index in [1.807, 2.05) is 6.07 Å². The predicted octanol–water partition coefficient (Wildman–Crippen LogP) is 0.493. The van der Waals surface area contributed by atoms with Crippen LogP contribution in [0.5, 0.6) is 5.75 Å². The van der Waals surface area contributed by atoms with E-state index in [-0.39, 0.29) is 0 Å². The van der Waals surface area contributed by atoms with Gasteiger partial charge in [-0.25, -0.2) is 0 Å². The van der Waals surface area contributed by atoms with Crippen molar-refractivity contribution in [2.24, 2.45) is 5.73 Å². The number of nitrogens with two attached hydrogens (primary N) is 1. The number of ether oxygens (including phenoxy) is 1. The zero-order chi connectivity index (χ0) is 12.8. The van der Waals surface area contributed by atoms with E-state index in [1.165, 1.54) is 7.11 Å². The van der Waals surface area contributed by atoms with Crippen LogP contribution in [0.25, 0.3) is 0 Å². The molecule has 0 radical (unpaired) electrons. The Balaban J connectivity index is 2.50. The van der Waals surface area contributed by atoms with E-state index < -0.39 is 11.8 Å². The number of methoxy groups -OCH3 is 1. The summed E-state index contributed by atoms with van der Waals surface area (Å²) in [5.41, 5.74) is 5.72. The number of primary amides is 1. The topological polar surface area (TPSA) is 81.4 Å². The van der Waals surface area contributed by atoms with E-state index in [0.717, 1.165) is 5.56 Å². The molecule has 0 bridgehead atoms. The molecule has 0 aliphatic carbocycles. The first kappa shape index (κ1) is 13.3. The second-order valence-electron chi connectivity index (χ2n) is 3.34. The average molecular weight is 257 g/mol. The van der Waals surface area contributed by atoms with Crippen molar-refractivity contribution < 1.29 is 14.3 Å². The van der Waals surface area contributed by atoms with Crippen molar-refractivity contribution in [3.05, 3.63) is 28.8 Å². The molecule has 0 saturated heterocycles. The number of hydrogen-bond acceptors (Lipinski definition) is 3. The van der Waals surface area contributed by atoms with Gasteiger partial charge < -0.3 is 15.8 Å². The van der Waals surface area contributed by atoms with Gasteiger partial charge in [0.2, 0.25) is 0 Å². The van der Waals surface area contributed by atoms with E-state index >= 15 is 0 Å². The van der Waals surface area contributed by atoms with Gasteiger partial charge in [-0.05, 0) is 24.1 Å². The van der Waals surface area contributed by atoms with Crippen LogP contribution in [0.15, 0.2) is 18.2 Å². The molecule has 0 fully saturated rings. The van der Waals surface area contributed by atoms with Gasteiger partial charge in [0, 0.05) is 6.54 Å². The fourth-order valence-electron chi connectivity index (χ4n) is 1.27. The molecule has 0 aliphatic heterocycles. The summed E-state index contributed by atoms with van der Waals surface area (Å²) in [4.78, 5) is 21.3. The summed E-state index contributed by atoms with van der Waals surface area (Å²) < 4.78 is 5.01. The Kier molecular flexibility index (Phi) is 4.78. The minimum atomic E-state index is -0.988. The molecule has 0 heterocycles. The molecule has 1 rings (SSSR count). The molecule has 0 saturated carbocycles. The Labute approximate surface area is 104 Å². The third-order valence-corrected chi connectivity index (χ3v) is 2.43. The lowest BCUT2D eigenvalue weighted by Gasteiger charge is -2.06. The summed E-state index contributed by atoms with van der Waals surface area (Å²) in [6.07, 6.45) is 0.558. The van der Waals surface area contributed by atoms with Gasteiger partial charge in [0.05, 0.1) is 12.1 Å². The van der Waals surface area contributed by atoms with Gasteiger partial charge in [-0.3, -0.25) is 9.59 Å². The normalized spacial score (nSPS) is 9.76. The van der Waals surface area contributed by atoms with E-state index in [2.05, 4.69) is 5.32 Å². The number of halogens is 1. The first-order valence-electron chi connectivity index (χ1n) is 4.94. The molecule has 0 unspecified atom stereocenters. The lowest BCUT2D eigenvalue weighted by molar-refractivity contribution is -0.137. The molecular formula is C11H13ClN2O3. The van der Waals surface area contributed by atoms with Crippen LogP contribution in [0.4, 0.5) is 0 Å². The highest BCUT2D eigenvalue weighted by Crippen LogP contribution is 2.24. The maximum atomic E-state index is 10.9. The minimum absolute atomic E-state index is 0.324. The third kappa shape index (κ3) is 3.96. The third-order valence-electron chi connectivity index (χ3n) is 2.14. The van der Waals surface area contributed by atoms with Gasteiger partial charge in [0.15, 0.2) is 0 Å². The Bertz CT molecular complexity index is 435. The highest BCUT2D eigenvalue weighted by Gasteiger charge is 2.07. The van der Waals surface area contributed by atoms with Crippen molar-refractivity contribution in [3.8, 4) is 5.75 Å². The van der Waals surface area contributed by atoms with Crippen LogP contribution in [0, 0.1) is 0 Å². The van der Waals surface area contributed by atoms with Gasteiger partial charge >= 0.3 is 11.8 Å². The van der Waals surface area contributed by atoms with E-state index in [1.54, 1.807) is 12.1 Å². The van der Waals surface area contributed by atoms with Gasteiger partial charge in [-0.15, -0.1) is 0 Å². The smallest absolute Gasteiger partial charge is 0.309 e. The van der Waals surface area contributed by atoms with Crippen LogP contribution in [0.2, 0.25) is 5.02 Å². The summed E-state index contributed by atoms with van der Waals surface area (Å²) in [6.45, 7) is 0.324. The predicted molar refractivity (Wildman–Crippen MR) is 63.9 cm³/mol. The molecule has 6 heteroatoms. The number of benzene rings is 1. The monoisotopic (exact) mass is 256 g/mol. The van der Waals surface area contributed by atoms with Crippen LogP contribution in [0.1, 0.15) is 5.56 Å². The standard InChI is InChI=1S/C11H13ClN2O3/c1-17-9-3-2-7(6-8(9)12)4-5-14-11(16)10(13)15/h2-3,6H,4-5H2,1H3,(H2,13,15)(H,14,16). The lowest BCUT2D eigenvalue weighted by atomic mass is 10.1. The molecule has 0 aliphatic rings. The van der Waals surface area contributed by atoms with Crippen LogP contribution in [-0.2, 0) is 16.0 Å². The van der Waals surface area contributed by atoms with Crippen molar-refractivity contribution in [1.82, 2.24) is 5.32 Å². The van der Waals surface area contributed by atoms with E-state index in [0.29, 0.717) is 23.7 Å². The molecule has 0 aromatic heterocycles. The number of amides is 2. The fraction of sp³-hybridized carbons (Fsp3) is 0.273. The molecule has 17 heavy (non-hydrogen) atoms. The minimum Gasteiger partial charge on any atom is -0.495 e. The molecule has 1 aromatic rings. The van der Waals surface area contributed by atoms with Crippen molar-refractivity contribution in [2.45, 2.75) is 6.42 Å². The Morgan fingerprint density at radius 1 is 1.47 bits per heavy atom. The first-order valence-corrected chi connectivity index (χ1v) is 5.32. The van der Waals surface area contributed by atoms with Crippen LogP contribution in [-0.4, -0.2) is 25.5 Å². The second-order valence-corrected chi connectivity index (χ2v) is 3.75.